The highest BCUT2D eigenvalue weighted by atomic mass is 15.0. The van der Waals surface area contributed by atoms with Gasteiger partial charge < -0.3 is 9.13 Å². The molecule has 7 heteroatoms. The smallest absolute Gasteiger partial charge is 0.200 e. The van der Waals surface area contributed by atoms with Gasteiger partial charge in [-0.2, -0.15) is 5.26 Å². The summed E-state index contributed by atoms with van der Waals surface area (Å²) in [5, 5.41) is 14.9. The fourth-order valence-electron chi connectivity index (χ4n) is 10.1. The third-order valence-corrected chi connectivity index (χ3v) is 14.1. The first-order chi connectivity index (χ1) is 34.5. The summed E-state index contributed by atoms with van der Waals surface area (Å²) in [6, 6.07) is 61.3. The van der Waals surface area contributed by atoms with Crippen LogP contribution in [0.5, 0.6) is 0 Å². The van der Waals surface area contributed by atoms with E-state index in [1.165, 1.54) is 32.8 Å². The number of hydrogen-bond donors (Lipinski definition) is 0. The lowest BCUT2D eigenvalue weighted by Gasteiger charge is -2.19. The van der Waals surface area contributed by atoms with E-state index in [9.17, 15) is 5.26 Å². The van der Waals surface area contributed by atoms with Crippen LogP contribution in [0, 0.1) is 17.9 Å². The summed E-state index contributed by atoms with van der Waals surface area (Å²) < 4.78 is 4.60. The second-order valence-corrected chi connectivity index (χ2v) is 22.0. The predicted octanol–water partition coefficient (Wildman–Crippen LogP) is 17.0. The number of aromatic nitrogens is 5. The lowest BCUT2D eigenvalue weighted by molar-refractivity contribution is 0.590. The van der Waals surface area contributed by atoms with Crippen LogP contribution in [0.3, 0.4) is 0 Å². The maximum atomic E-state index is 10.2. The van der Waals surface area contributed by atoms with Crippen LogP contribution in [0.2, 0.25) is 0 Å². The van der Waals surface area contributed by atoms with E-state index in [0.717, 1.165) is 61.1 Å². The van der Waals surface area contributed by atoms with Gasteiger partial charge in [0.2, 0.25) is 0 Å². The van der Waals surface area contributed by atoms with E-state index >= 15 is 0 Å². The number of rotatable bonds is 6. The van der Waals surface area contributed by atoms with Crippen LogP contribution in [0.25, 0.3) is 105 Å². The van der Waals surface area contributed by atoms with Gasteiger partial charge in [-0.05, 0) is 129 Å². The van der Waals surface area contributed by atoms with E-state index in [1.54, 1.807) is 0 Å². The van der Waals surface area contributed by atoms with Crippen molar-refractivity contribution in [3.8, 4) is 62.7 Å². The number of nitriles is 1. The normalized spacial score (nSPS) is 12.2. The number of benzene rings is 8. The highest BCUT2D eigenvalue weighted by molar-refractivity contribution is 6.11. The Bertz CT molecular complexity index is 3990. The second-order valence-electron chi connectivity index (χ2n) is 22.0. The van der Waals surface area contributed by atoms with Crippen LogP contribution in [0.1, 0.15) is 84.6 Å². The summed E-state index contributed by atoms with van der Waals surface area (Å²) in [6.45, 7) is 28.9. The Kier molecular flexibility index (Phi) is 10.8. The average Bonchev–Trinajstić information content (AvgIpc) is 3.89. The molecule has 3 aromatic heterocycles. The van der Waals surface area contributed by atoms with Crippen molar-refractivity contribution in [2.75, 3.05) is 0 Å². The third-order valence-electron chi connectivity index (χ3n) is 14.1. The van der Waals surface area contributed by atoms with Gasteiger partial charge in [0.25, 0.3) is 0 Å². The van der Waals surface area contributed by atoms with Gasteiger partial charge in [-0.3, -0.25) is 0 Å². The third kappa shape index (κ3) is 7.98. The first kappa shape index (κ1) is 45.8. The molecule has 8 aromatic carbocycles. The first-order valence-corrected chi connectivity index (χ1v) is 24.6. The molecule has 0 saturated carbocycles. The Morgan fingerprint density at radius 3 is 1.44 bits per heavy atom. The van der Waals surface area contributed by atoms with E-state index in [-0.39, 0.29) is 16.2 Å². The highest BCUT2D eigenvalue weighted by Gasteiger charge is 2.25. The highest BCUT2D eigenvalue weighted by Crippen LogP contribution is 2.42. The molecule has 0 fully saturated rings. The topological polar surface area (TPSA) is 76.7 Å². The Morgan fingerprint density at radius 1 is 0.417 bits per heavy atom. The molecule has 0 N–H and O–H groups in total. The van der Waals surface area contributed by atoms with E-state index in [4.69, 9.17) is 21.5 Å². The molecule has 350 valence electrons. The summed E-state index contributed by atoms with van der Waals surface area (Å²) in [4.78, 5) is 19.8. The Hall–Kier alpha value is -8.65. The van der Waals surface area contributed by atoms with Crippen LogP contribution >= 0.6 is 0 Å². The fourth-order valence-corrected chi connectivity index (χ4v) is 10.1. The van der Waals surface area contributed by atoms with Crippen molar-refractivity contribution in [2.45, 2.75) is 78.6 Å². The molecule has 0 aliphatic rings. The second kappa shape index (κ2) is 17.0. The van der Waals surface area contributed by atoms with Gasteiger partial charge in [-0.15, -0.1) is 0 Å². The van der Waals surface area contributed by atoms with Crippen LogP contribution < -0.4 is 0 Å². The molecular formula is C65H55N7. The number of fused-ring (bicyclic) bond motifs is 6. The van der Waals surface area contributed by atoms with E-state index < -0.39 is 0 Å². The van der Waals surface area contributed by atoms with Gasteiger partial charge in [-0.1, -0.05) is 147 Å². The maximum absolute atomic E-state index is 10.2. The maximum Gasteiger partial charge on any atom is 0.200 e. The Balaban J connectivity index is 1.12. The standard InChI is InChI=1S/C65H55N7/c1-63(2,3)43-23-30-57-52(34-43)48-21-14-15-22-56(48)72(57)47-27-29-50(55(38-47)67-10)62-69-60(41-18-12-11-13-19-41)68-61(70-62)49-28-26-46(37-51(49)42-20-16-17-40(33-42)39-66)71-58-31-24-44(64(4,5)6)35-53(58)54-36-45(65(7,8)9)25-32-59(54)71/h11-38H,1-9H3. The predicted molar refractivity (Wildman–Crippen MR) is 297 cm³/mol. The molecule has 0 amide bonds. The SMILES string of the molecule is [C-]#[N+]c1cc(-n2c3ccccc3c3cc(C(C)(C)C)ccc32)ccc1-c1nc(-c2ccccc2)nc(-c2ccc(-n3c4ccc(C(C)(C)C)cc4c4cc(C(C)(C)C)ccc43)cc2-c2cccc(C#N)c2)n1. The Labute approximate surface area is 421 Å². The summed E-state index contributed by atoms with van der Waals surface area (Å²) in [6.07, 6.45) is 0. The fraction of sp³-hybridized carbons (Fsp3) is 0.185. The lowest BCUT2D eigenvalue weighted by Crippen LogP contribution is -2.10. The zero-order valence-electron chi connectivity index (χ0n) is 42.3. The minimum atomic E-state index is -0.0342. The van der Waals surface area contributed by atoms with Crippen molar-refractivity contribution in [3.05, 3.63) is 204 Å². The minimum Gasteiger partial charge on any atom is -0.311 e. The van der Waals surface area contributed by atoms with Gasteiger partial charge in [0.15, 0.2) is 23.2 Å². The molecule has 0 saturated heterocycles. The molecule has 0 aliphatic heterocycles. The van der Waals surface area contributed by atoms with Gasteiger partial charge in [0.1, 0.15) is 0 Å². The molecule has 7 nitrogen and oxygen atoms in total. The molecule has 11 aromatic rings. The molecule has 3 heterocycles. The first-order valence-electron chi connectivity index (χ1n) is 24.6. The zero-order valence-corrected chi connectivity index (χ0v) is 42.3. The summed E-state index contributed by atoms with van der Waals surface area (Å²) >= 11 is 0. The van der Waals surface area contributed by atoms with E-state index in [2.05, 4.69) is 185 Å². The van der Waals surface area contributed by atoms with Gasteiger partial charge >= 0.3 is 0 Å². The molecule has 0 bridgehead atoms. The number of para-hydroxylation sites is 1. The number of hydrogen-bond acceptors (Lipinski definition) is 4. The van der Waals surface area contributed by atoms with Gasteiger partial charge in [0, 0.05) is 49.6 Å². The quantitative estimate of drug-likeness (QED) is 0.156. The van der Waals surface area contributed by atoms with E-state index in [1.807, 2.05) is 66.7 Å². The van der Waals surface area contributed by atoms with Gasteiger partial charge in [-0.25, -0.2) is 19.8 Å². The Morgan fingerprint density at radius 2 is 0.889 bits per heavy atom. The lowest BCUT2D eigenvalue weighted by atomic mass is 9.85. The van der Waals surface area contributed by atoms with Crippen molar-refractivity contribution in [3.63, 3.8) is 0 Å². The average molecular weight is 934 g/mol. The van der Waals surface area contributed by atoms with Crippen LogP contribution in [-0.2, 0) is 16.2 Å². The van der Waals surface area contributed by atoms with Crippen LogP contribution in [0.4, 0.5) is 5.69 Å². The molecule has 0 unspecified atom stereocenters. The summed E-state index contributed by atoms with van der Waals surface area (Å²) in [5.41, 5.74) is 14.8. The van der Waals surface area contributed by atoms with Crippen molar-refractivity contribution < 1.29 is 0 Å². The molecule has 11 rings (SSSR count). The number of nitrogens with zero attached hydrogens (tertiary/aromatic N) is 7. The molecule has 0 spiro atoms. The molecular weight excluding hydrogens is 879 g/mol. The molecule has 0 aliphatic carbocycles. The zero-order chi connectivity index (χ0) is 50.3. The molecule has 0 radical (unpaired) electrons. The minimum absolute atomic E-state index is 0.0123. The van der Waals surface area contributed by atoms with Crippen LogP contribution in [-0.4, -0.2) is 24.1 Å². The van der Waals surface area contributed by atoms with E-state index in [0.29, 0.717) is 34.3 Å². The largest absolute Gasteiger partial charge is 0.311 e. The van der Waals surface area contributed by atoms with Crippen molar-refractivity contribution in [1.29, 1.82) is 5.26 Å². The van der Waals surface area contributed by atoms with Crippen LogP contribution in [0.15, 0.2) is 170 Å². The van der Waals surface area contributed by atoms with Crippen molar-refractivity contribution >= 4 is 49.3 Å². The van der Waals surface area contributed by atoms with Gasteiger partial charge in [0.05, 0.1) is 40.3 Å². The molecule has 72 heavy (non-hydrogen) atoms. The summed E-state index contributed by atoms with van der Waals surface area (Å²) in [7, 11) is 0. The monoisotopic (exact) mass is 933 g/mol. The molecule has 0 atom stereocenters. The van der Waals surface area contributed by atoms with Crippen molar-refractivity contribution in [2.24, 2.45) is 0 Å². The summed E-state index contributed by atoms with van der Waals surface area (Å²) in [5.74, 6) is 1.33. The van der Waals surface area contributed by atoms with Crippen molar-refractivity contribution in [1.82, 2.24) is 24.1 Å².